The number of thiophene rings is 1. The summed E-state index contributed by atoms with van der Waals surface area (Å²) in [5.41, 5.74) is 3.76. The van der Waals surface area contributed by atoms with Crippen molar-refractivity contribution in [1.29, 1.82) is 0 Å². The molecule has 0 bridgehead atoms. The van der Waals surface area contributed by atoms with Crippen molar-refractivity contribution in [1.82, 2.24) is 5.32 Å². The maximum atomic E-state index is 6.15. The molecular formula is C16H20BrClN2S. The Hall–Kier alpha value is -0.550. The van der Waals surface area contributed by atoms with Gasteiger partial charge in [-0.1, -0.05) is 25.4 Å². The molecule has 0 atom stereocenters. The Bertz CT molecular complexity index is 598. The van der Waals surface area contributed by atoms with Gasteiger partial charge in [0.1, 0.15) is 0 Å². The standard InChI is InChI=1S/C16H20BrClN2S/c1-11(2)19-8-13-7-14(18)4-5-15(13)20(3)9-12-6-16(17)21-10-12/h4-7,10-11,19H,8-9H2,1-3H3. The Morgan fingerprint density at radius 3 is 2.71 bits per heavy atom. The van der Waals surface area contributed by atoms with Crippen LogP contribution in [0.3, 0.4) is 0 Å². The average Bonchev–Trinajstić information content (AvgIpc) is 2.81. The first-order valence-corrected chi connectivity index (χ1v) is 8.96. The second-order valence-electron chi connectivity index (χ2n) is 5.42. The molecule has 0 spiro atoms. The van der Waals surface area contributed by atoms with Crippen molar-refractivity contribution in [2.75, 3.05) is 11.9 Å². The highest BCUT2D eigenvalue weighted by Crippen LogP contribution is 2.27. The van der Waals surface area contributed by atoms with Crippen molar-refractivity contribution in [3.63, 3.8) is 0 Å². The summed E-state index contributed by atoms with van der Waals surface area (Å²) in [7, 11) is 2.12. The first-order chi connectivity index (χ1) is 9.95. The lowest BCUT2D eigenvalue weighted by molar-refractivity contribution is 0.588. The van der Waals surface area contributed by atoms with Crippen LogP contribution in [0.1, 0.15) is 25.0 Å². The largest absolute Gasteiger partial charge is 0.370 e. The fraction of sp³-hybridized carbons (Fsp3) is 0.375. The van der Waals surface area contributed by atoms with Crippen molar-refractivity contribution in [3.05, 3.63) is 49.6 Å². The number of rotatable bonds is 6. The highest BCUT2D eigenvalue weighted by Gasteiger charge is 2.10. The molecule has 114 valence electrons. The smallest absolute Gasteiger partial charge is 0.0701 e. The van der Waals surface area contributed by atoms with Crippen LogP contribution in [-0.4, -0.2) is 13.1 Å². The predicted molar refractivity (Wildman–Crippen MR) is 97.6 cm³/mol. The summed E-state index contributed by atoms with van der Waals surface area (Å²) in [5, 5.41) is 6.43. The van der Waals surface area contributed by atoms with Gasteiger partial charge in [0, 0.05) is 36.9 Å². The van der Waals surface area contributed by atoms with Crippen LogP contribution in [0.15, 0.2) is 33.4 Å². The van der Waals surface area contributed by atoms with E-state index in [0.29, 0.717) is 6.04 Å². The Morgan fingerprint density at radius 2 is 2.10 bits per heavy atom. The molecule has 0 aliphatic heterocycles. The van der Waals surface area contributed by atoms with Gasteiger partial charge >= 0.3 is 0 Å². The molecule has 2 rings (SSSR count). The van der Waals surface area contributed by atoms with E-state index >= 15 is 0 Å². The van der Waals surface area contributed by atoms with Gasteiger partial charge in [-0.15, -0.1) is 11.3 Å². The van der Waals surface area contributed by atoms with Crippen LogP contribution in [0.2, 0.25) is 5.02 Å². The van der Waals surface area contributed by atoms with Crippen LogP contribution in [0.5, 0.6) is 0 Å². The van der Waals surface area contributed by atoms with E-state index in [2.05, 4.69) is 64.6 Å². The number of hydrogen-bond donors (Lipinski definition) is 1. The summed E-state index contributed by atoms with van der Waals surface area (Å²) in [4.78, 5) is 2.27. The maximum absolute atomic E-state index is 6.15. The number of benzene rings is 1. The van der Waals surface area contributed by atoms with Crippen LogP contribution < -0.4 is 10.2 Å². The van der Waals surface area contributed by atoms with Crippen LogP contribution in [-0.2, 0) is 13.1 Å². The highest BCUT2D eigenvalue weighted by molar-refractivity contribution is 9.11. The number of nitrogens with one attached hydrogen (secondary N) is 1. The minimum Gasteiger partial charge on any atom is -0.370 e. The summed E-state index contributed by atoms with van der Waals surface area (Å²) in [6.45, 7) is 6.01. The van der Waals surface area contributed by atoms with Crippen molar-refractivity contribution in [2.24, 2.45) is 0 Å². The van der Waals surface area contributed by atoms with E-state index < -0.39 is 0 Å². The molecule has 2 nitrogen and oxygen atoms in total. The molecule has 0 aliphatic rings. The third-order valence-electron chi connectivity index (χ3n) is 3.20. The second kappa shape index (κ2) is 7.63. The van der Waals surface area contributed by atoms with Gasteiger partial charge in [0.25, 0.3) is 0 Å². The first-order valence-electron chi connectivity index (χ1n) is 6.91. The number of hydrogen-bond acceptors (Lipinski definition) is 3. The quantitative estimate of drug-likeness (QED) is 0.723. The van der Waals surface area contributed by atoms with Gasteiger partial charge in [-0.05, 0) is 56.7 Å². The zero-order chi connectivity index (χ0) is 15.4. The molecular weight excluding hydrogens is 368 g/mol. The van der Waals surface area contributed by atoms with Gasteiger partial charge in [0.05, 0.1) is 3.79 Å². The Labute approximate surface area is 144 Å². The van der Waals surface area contributed by atoms with Gasteiger partial charge in [0.2, 0.25) is 0 Å². The molecule has 0 aliphatic carbocycles. The minimum atomic E-state index is 0.454. The number of anilines is 1. The third-order valence-corrected chi connectivity index (χ3v) is 4.98. The van der Waals surface area contributed by atoms with Crippen LogP contribution in [0.25, 0.3) is 0 Å². The van der Waals surface area contributed by atoms with Crippen LogP contribution >= 0.6 is 38.9 Å². The average molecular weight is 388 g/mol. The van der Waals surface area contributed by atoms with Gasteiger partial charge in [-0.25, -0.2) is 0 Å². The molecule has 1 heterocycles. The lowest BCUT2D eigenvalue weighted by Crippen LogP contribution is -2.24. The van der Waals surface area contributed by atoms with Crippen molar-refractivity contribution in [3.8, 4) is 0 Å². The summed E-state index contributed by atoms with van der Waals surface area (Å²) in [5.74, 6) is 0. The van der Waals surface area contributed by atoms with E-state index in [9.17, 15) is 0 Å². The first kappa shape index (κ1) is 16.8. The molecule has 1 N–H and O–H groups in total. The Kier molecular flexibility index (Phi) is 6.11. The van der Waals surface area contributed by atoms with E-state index in [0.717, 1.165) is 18.1 Å². The summed E-state index contributed by atoms with van der Waals surface area (Å²) in [6.07, 6.45) is 0. The van der Waals surface area contributed by atoms with E-state index in [1.807, 2.05) is 12.1 Å². The molecule has 0 amide bonds. The Balaban J connectivity index is 2.16. The predicted octanol–water partition coefficient (Wildman–Crippen LogP) is 5.30. The van der Waals surface area contributed by atoms with E-state index in [-0.39, 0.29) is 0 Å². The molecule has 0 unspecified atom stereocenters. The lowest BCUT2D eigenvalue weighted by atomic mass is 10.1. The van der Waals surface area contributed by atoms with Crippen LogP contribution in [0.4, 0.5) is 5.69 Å². The van der Waals surface area contributed by atoms with Gasteiger partial charge < -0.3 is 10.2 Å². The molecule has 5 heteroatoms. The van der Waals surface area contributed by atoms with Gasteiger partial charge in [-0.3, -0.25) is 0 Å². The molecule has 1 aromatic carbocycles. The topological polar surface area (TPSA) is 15.3 Å². The summed E-state index contributed by atoms with van der Waals surface area (Å²) in [6, 6.07) is 8.72. The van der Waals surface area contributed by atoms with E-state index in [4.69, 9.17) is 11.6 Å². The van der Waals surface area contributed by atoms with Crippen molar-refractivity contribution < 1.29 is 0 Å². The molecule has 0 radical (unpaired) electrons. The SMILES string of the molecule is CC(C)NCc1cc(Cl)ccc1N(C)Cc1csc(Br)c1. The zero-order valence-electron chi connectivity index (χ0n) is 12.5. The minimum absolute atomic E-state index is 0.454. The summed E-state index contributed by atoms with van der Waals surface area (Å²) >= 11 is 11.4. The molecule has 2 aromatic rings. The molecule has 0 saturated heterocycles. The van der Waals surface area contributed by atoms with E-state index in [1.54, 1.807) is 11.3 Å². The van der Waals surface area contributed by atoms with E-state index in [1.165, 1.54) is 20.6 Å². The van der Waals surface area contributed by atoms with Gasteiger partial charge in [-0.2, -0.15) is 0 Å². The monoisotopic (exact) mass is 386 g/mol. The van der Waals surface area contributed by atoms with Crippen molar-refractivity contribution >= 4 is 44.6 Å². The molecule has 21 heavy (non-hydrogen) atoms. The zero-order valence-corrected chi connectivity index (χ0v) is 15.6. The number of nitrogens with zero attached hydrogens (tertiary/aromatic N) is 1. The van der Waals surface area contributed by atoms with Crippen molar-refractivity contribution in [2.45, 2.75) is 33.0 Å². The molecule has 1 aromatic heterocycles. The second-order valence-corrected chi connectivity index (χ2v) is 8.15. The third kappa shape index (κ3) is 4.99. The summed E-state index contributed by atoms with van der Waals surface area (Å²) < 4.78 is 1.17. The van der Waals surface area contributed by atoms with Gasteiger partial charge in [0.15, 0.2) is 0 Å². The maximum Gasteiger partial charge on any atom is 0.0701 e. The lowest BCUT2D eigenvalue weighted by Gasteiger charge is -2.23. The normalized spacial score (nSPS) is 11.1. The number of halogens is 2. The molecule has 0 fully saturated rings. The Morgan fingerprint density at radius 1 is 1.33 bits per heavy atom. The molecule has 0 saturated carbocycles. The fourth-order valence-electron chi connectivity index (χ4n) is 2.17. The van der Waals surface area contributed by atoms with Crippen LogP contribution in [0, 0.1) is 0 Å². The highest BCUT2D eigenvalue weighted by atomic mass is 79.9. The fourth-order valence-corrected chi connectivity index (χ4v) is 3.56.